The summed E-state index contributed by atoms with van der Waals surface area (Å²) in [5.74, 6) is -5.10. The summed E-state index contributed by atoms with van der Waals surface area (Å²) in [7, 11) is 1.33. The Labute approximate surface area is 176 Å². The van der Waals surface area contributed by atoms with Gasteiger partial charge in [-0.25, -0.2) is 14.4 Å². The molecular weight excluding hydrogens is 412 g/mol. The molecule has 0 aromatic heterocycles. The molecule has 0 amide bonds. The topological polar surface area (TPSA) is 171 Å². The van der Waals surface area contributed by atoms with Crippen LogP contribution in [0.15, 0.2) is 48.5 Å². The van der Waals surface area contributed by atoms with Crippen molar-refractivity contribution in [1.82, 2.24) is 0 Å². The molecule has 2 aromatic carbocycles. The third-order valence-corrected chi connectivity index (χ3v) is 4.29. The van der Waals surface area contributed by atoms with Crippen LogP contribution in [-0.2, 0) is 25.5 Å². The summed E-state index contributed by atoms with van der Waals surface area (Å²) in [5, 5.41) is 48.3. The first-order valence-corrected chi connectivity index (χ1v) is 8.79. The summed E-state index contributed by atoms with van der Waals surface area (Å²) in [6.45, 7) is 0. The van der Waals surface area contributed by atoms with Gasteiger partial charge in [0.05, 0.1) is 7.11 Å². The minimum absolute atomic E-state index is 0.111. The number of methoxy groups -OCH3 is 1. The lowest BCUT2D eigenvalue weighted by Gasteiger charge is -2.29. The largest absolute Gasteiger partial charge is 0.508 e. The van der Waals surface area contributed by atoms with E-state index in [-0.39, 0.29) is 22.8 Å². The van der Waals surface area contributed by atoms with Crippen molar-refractivity contribution in [2.24, 2.45) is 0 Å². The van der Waals surface area contributed by atoms with Gasteiger partial charge in [-0.2, -0.15) is 0 Å². The smallest absolute Gasteiger partial charge is 0.348 e. The number of phenols is 2. The minimum Gasteiger partial charge on any atom is -0.508 e. The van der Waals surface area contributed by atoms with Gasteiger partial charge in [0.25, 0.3) is 0 Å². The molecule has 10 nitrogen and oxygen atoms in total. The highest BCUT2D eigenvalue weighted by molar-refractivity contribution is 5.93. The third kappa shape index (κ3) is 5.73. The Balaban J connectivity index is 2.24. The number of benzene rings is 2. The van der Waals surface area contributed by atoms with Crippen LogP contribution in [0, 0.1) is 0 Å². The van der Waals surface area contributed by atoms with Gasteiger partial charge in [0.1, 0.15) is 5.75 Å². The lowest BCUT2D eigenvalue weighted by molar-refractivity contribution is -0.192. The van der Waals surface area contributed by atoms with Crippen LogP contribution in [0.4, 0.5) is 0 Å². The number of ether oxygens (including phenoxy) is 2. The van der Waals surface area contributed by atoms with Crippen molar-refractivity contribution in [3.63, 3.8) is 0 Å². The number of hydrogen-bond donors (Lipinski definition) is 5. The highest BCUT2D eigenvalue weighted by Crippen LogP contribution is 2.27. The molecule has 2 rings (SSSR count). The van der Waals surface area contributed by atoms with Crippen LogP contribution in [0.1, 0.15) is 11.1 Å². The van der Waals surface area contributed by atoms with E-state index in [0.29, 0.717) is 5.56 Å². The number of aromatic hydroxyl groups is 2. The molecule has 0 aliphatic carbocycles. The molecule has 2 atom stereocenters. The molecule has 0 bridgehead atoms. The normalized spacial score (nSPS) is 13.9. The zero-order valence-electron chi connectivity index (χ0n) is 16.3. The highest BCUT2D eigenvalue weighted by Gasteiger charge is 2.51. The van der Waals surface area contributed by atoms with Crippen molar-refractivity contribution in [3.05, 3.63) is 59.7 Å². The van der Waals surface area contributed by atoms with E-state index >= 15 is 0 Å². The quantitative estimate of drug-likeness (QED) is 0.286. The number of esters is 1. The van der Waals surface area contributed by atoms with Crippen molar-refractivity contribution in [3.8, 4) is 17.2 Å². The first kappa shape index (κ1) is 23.2. The second kappa shape index (κ2) is 9.63. The van der Waals surface area contributed by atoms with Gasteiger partial charge < -0.3 is 35.0 Å². The van der Waals surface area contributed by atoms with Gasteiger partial charge in [-0.1, -0.05) is 18.2 Å². The zero-order valence-corrected chi connectivity index (χ0v) is 16.3. The number of hydrogen-bond acceptors (Lipinski definition) is 8. The average Bonchev–Trinajstić information content (AvgIpc) is 2.72. The van der Waals surface area contributed by atoms with Gasteiger partial charge in [-0.05, 0) is 41.5 Å². The molecule has 0 radical (unpaired) electrons. The number of carbonyl (C=O) groups is 3. The predicted molar refractivity (Wildman–Crippen MR) is 106 cm³/mol. The summed E-state index contributed by atoms with van der Waals surface area (Å²) in [5.41, 5.74) is -2.39. The van der Waals surface area contributed by atoms with Crippen LogP contribution < -0.4 is 4.74 Å². The summed E-state index contributed by atoms with van der Waals surface area (Å²) in [6, 6.07) is 9.19. The molecule has 0 saturated carbocycles. The summed E-state index contributed by atoms with van der Waals surface area (Å²) >= 11 is 0. The van der Waals surface area contributed by atoms with E-state index in [1.54, 1.807) is 0 Å². The van der Waals surface area contributed by atoms with Crippen LogP contribution in [-0.4, -0.2) is 62.3 Å². The number of carboxylic acids is 2. The van der Waals surface area contributed by atoms with E-state index in [9.17, 15) is 39.9 Å². The maximum absolute atomic E-state index is 12.1. The van der Waals surface area contributed by atoms with E-state index in [4.69, 9.17) is 9.47 Å². The number of phenolic OH excluding ortho intramolecular Hbond substituents is 2. The third-order valence-electron chi connectivity index (χ3n) is 4.29. The molecule has 5 N–H and O–H groups in total. The van der Waals surface area contributed by atoms with E-state index in [2.05, 4.69) is 0 Å². The van der Waals surface area contributed by atoms with Crippen molar-refractivity contribution in [2.75, 3.05) is 7.11 Å². The average molecular weight is 432 g/mol. The summed E-state index contributed by atoms with van der Waals surface area (Å²) in [6.07, 6.45) is -1.07. The fourth-order valence-corrected chi connectivity index (χ4v) is 2.68. The first-order chi connectivity index (χ1) is 14.6. The number of rotatable bonds is 9. The van der Waals surface area contributed by atoms with Gasteiger partial charge in [-0.3, -0.25) is 0 Å². The fourth-order valence-electron chi connectivity index (χ4n) is 2.68. The predicted octanol–water partition coefficient (Wildman–Crippen LogP) is 1.17. The van der Waals surface area contributed by atoms with Crippen LogP contribution in [0.25, 0.3) is 6.08 Å². The molecule has 2 aromatic rings. The number of aliphatic carboxylic acids is 2. The Kier molecular flexibility index (Phi) is 7.22. The molecule has 0 aliphatic rings. The van der Waals surface area contributed by atoms with Gasteiger partial charge in [0.2, 0.25) is 11.7 Å². The fraction of sp³-hybridized carbons (Fsp3) is 0.190. The Morgan fingerprint density at radius 1 is 1.06 bits per heavy atom. The second-order valence-corrected chi connectivity index (χ2v) is 6.49. The molecule has 0 fully saturated rings. The van der Waals surface area contributed by atoms with Crippen LogP contribution in [0.3, 0.4) is 0 Å². The van der Waals surface area contributed by atoms with Crippen LogP contribution in [0.5, 0.6) is 17.2 Å². The zero-order chi connectivity index (χ0) is 23.2. The molecule has 31 heavy (non-hydrogen) atoms. The summed E-state index contributed by atoms with van der Waals surface area (Å²) in [4.78, 5) is 35.4. The molecule has 0 saturated heterocycles. The Bertz CT molecular complexity index is 996. The van der Waals surface area contributed by atoms with Gasteiger partial charge >= 0.3 is 17.9 Å². The molecular formula is C21H20O10. The standard InChI is InChI=1S/C21H20O10/c1-30-16-10-12(4-8-15(16)23)5-9-17(24)31-18(19(25)26)21(29,20(27)28)11-13-2-6-14(22)7-3-13/h2-10,18,22-23,29H,11H2,1H3,(H,25,26)(H,27,28)/b9-5+/t18-,21-/m1/s1. The SMILES string of the molecule is COc1cc(/C=C/C(=O)O[C@H](C(=O)O)[C@](O)(Cc2ccc(O)cc2)C(=O)O)ccc1O. The lowest BCUT2D eigenvalue weighted by atomic mass is 9.88. The van der Waals surface area contributed by atoms with Crippen molar-refractivity contribution < 1.29 is 49.4 Å². The lowest BCUT2D eigenvalue weighted by Crippen LogP contribution is -2.56. The number of carboxylic acid groups (broad SMARTS) is 2. The molecule has 0 heterocycles. The minimum atomic E-state index is -2.98. The molecule has 10 heteroatoms. The Morgan fingerprint density at radius 3 is 2.26 bits per heavy atom. The Hall–Kier alpha value is -4.05. The van der Waals surface area contributed by atoms with Crippen LogP contribution >= 0.6 is 0 Å². The van der Waals surface area contributed by atoms with Crippen molar-refractivity contribution >= 4 is 24.0 Å². The van der Waals surface area contributed by atoms with Crippen molar-refractivity contribution in [2.45, 2.75) is 18.1 Å². The van der Waals surface area contributed by atoms with E-state index in [1.165, 1.54) is 55.7 Å². The maximum atomic E-state index is 12.1. The molecule has 0 aliphatic heterocycles. The van der Waals surface area contributed by atoms with Gasteiger partial charge in [0.15, 0.2) is 11.5 Å². The maximum Gasteiger partial charge on any atom is 0.348 e. The number of carbonyl (C=O) groups excluding carboxylic acids is 1. The molecule has 164 valence electrons. The van der Waals surface area contributed by atoms with E-state index < -0.39 is 36.0 Å². The molecule has 0 unspecified atom stereocenters. The molecule has 0 spiro atoms. The highest BCUT2D eigenvalue weighted by atomic mass is 16.6. The number of aliphatic hydroxyl groups is 1. The van der Waals surface area contributed by atoms with Crippen molar-refractivity contribution in [1.29, 1.82) is 0 Å². The second-order valence-electron chi connectivity index (χ2n) is 6.49. The van der Waals surface area contributed by atoms with E-state index in [1.807, 2.05) is 0 Å². The summed E-state index contributed by atoms with van der Waals surface area (Å²) < 4.78 is 9.68. The van der Waals surface area contributed by atoms with Crippen LogP contribution in [0.2, 0.25) is 0 Å². The van der Waals surface area contributed by atoms with Gasteiger partial charge in [0, 0.05) is 12.5 Å². The Morgan fingerprint density at radius 2 is 1.71 bits per heavy atom. The van der Waals surface area contributed by atoms with Gasteiger partial charge in [-0.15, -0.1) is 0 Å². The van der Waals surface area contributed by atoms with E-state index in [0.717, 1.165) is 6.08 Å². The first-order valence-electron chi connectivity index (χ1n) is 8.79. The monoisotopic (exact) mass is 432 g/mol.